The summed E-state index contributed by atoms with van der Waals surface area (Å²) in [7, 11) is 0. The van der Waals surface area contributed by atoms with Gasteiger partial charge in [0, 0.05) is 19.7 Å². The van der Waals surface area contributed by atoms with Crippen molar-refractivity contribution in [1.29, 1.82) is 0 Å². The van der Waals surface area contributed by atoms with Crippen LogP contribution in [-0.4, -0.2) is 24.1 Å². The lowest BCUT2D eigenvalue weighted by molar-refractivity contribution is -0.320. The van der Waals surface area contributed by atoms with Crippen LogP contribution in [0.1, 0.15) is 42.0 Å². The highest BCUT2D eigenvalue weighted by Gasteiger charge is 2.16. The van der Waals surface area contributed by atoms with E-state index in [1.807, 2.05) is 60.7 Å². The molecule has 6 nitrogen and oxygen atoms in total. The molecule has 3 aromatic rings. The predicted octanol–water partition coefficient (Wildman–Crippen LogP) is 6.91. The first-order chi connectivity index (χ1) is 17.1. The Morgan fingerprint density at radius 3 is 2.31 bits per heavy atom. The van der Waals surface area contributed by atoms with Gasteiger partial charge in [-0.25, -0.2) is 14.8 Å². The summed E-state index contributed by atoms with van der Waals surface area (Å²) in [6.07, 6.45) is 4.28. The quantitative estimate of drug-likeness (QED) is 0.111. The van der Waals surface area contributed by atoms with Crippen LogP contribution in [0.4, 0.5) is 5.69 Å². The van der Waals surface area contributed by atoms with Crippen molar-refractivity contribution in [2.24, 2.45) is 4.99 Å². The highest BCUT2D eigenvalue weighted by atomic mass is 17.2. The molecule has 0 aliphatic carbocycles. The van der Waals surface area contributed by atoms with Crippen LogP contribution in [0.2, 0.25) is 0 Å². The van der Waals surface area contributed by atoms with E-state index in [4.69, 9.17) is 19.6 Å². The average Bonchev–Trinajstić information content (AvgIpc) is 2.87. The molecule has 3 aromatic carbocycles. The van der Waals surface area contributed by atoms with Crippen molar-refractivity contribution < 1.29 is 19.6 Å². The minimum absolute atomic E-state index is 0.398. The summed E-state index contributed by atoms with van der Waals surface area (Å²) in [5.74, 6) is 1.07. The van der Waals surface area contributed by atoms with Crippen molar-refractivity contribution in [1.82, 2.24) is 4.90 Å². The first-order valence-electron chi connectivity index (χ1n) is 11.9. The molecule has 0 saturated carbocycles. The number of aliphatic imine (C=N–C) groups is 1. The van der Waals surface area contributed by atoms with Crippen LogP contribution < -0.4 is 4.89 Å². The lowest BCUT2D eigenvalue weighted by Gasteiger charge is -2.27. The first-order valence-corrected chi connectivity index (χ1v) is 11.9. The summed E-state index contributed by atoms with van der Waals surface area (Å²) in [6, 6.07) is 23.5. The Morgan fingerprint density at radius 2 is 1.60 bits per heavy atom. The van der Waals surface area contributed by atoms with E-state index in [-0.39, 0.29) is 0 Å². The molecule has 0 radical (unpaired) electrons. The number of hydrogen-bond donors (Lipinski definition) is 0. The lowest BCUT2D eigenvalue weighted by Crippen LogP contribution is -2.25. The Bertz CT molecular complexity index is 1140. The molecule has 1 aliphatic rings. The Morgan fingerprint density at radius 1 is 0.914 bits per heavy atom. The second-order valence-corrected chi connectivity index (χ2v) is 8.63. The highest BCUT2D eigenvalue weighted by molar-refractivity contribution is 5.78. The maximum atomic E-state index is 5.48. The minimum Gasteiger partial charge on any atom is -0.352 e. The van der Waals surface area contributed by atoms with Gasteiger partial charge in [-0.1, -0.05) is 48.5 Å². The molecule has 35 heavy (non-hydrogen) atoms. The van der Waals surface area contributed by atoms with Crippen LogP contribution in [0.15, 0.2) is 84.0 Å². The van der Waals surface area contributed by atoms with Gasteiger partial charge in [0.15, 0.2) is 12.5 Å². The van der Waals surface area contributed by atoms with Gasteiger partial charge in [-0.3, -0.25) is 9.78 Å². The van der Waals surface area contributed by atoms with Crippen molar-refractivity contribution in [2.45, 2.75) is 40.2 Å². The number of allylic oxidation sites excluding steroid dienone is 1. The summed E-state index contributed by atoms with van der Waals surface area (Å²) in [5, 5.41) is 0. The molecule has 0 fully saturated rings. The van der Waals surface area contributed by atoms with Crippen molar-refractivity contribution in [3.8, 4) is 5.75 Å². The summed E-state index contributed by atoms with van der Waals surface area (Å²) in [6.45, 7) is 7.80. The van der Waals surface area contributed by atoms with E-state index in [0.29, 0.717) is 25.0 Å². The second-order valence-electron chi connectivity index (χ2n) is 8.63. The lowest BCUT2D eigenvalue weighted by atomic mass is 9.91. The van der Waals surface area contributed by atoms with E-state index in [0.717, 1.165) is 30.6 Å². The largest absolute Gasteiger partial charge is 0.352 e. The standard InChI is InChI=1S/C29H32N2O4/c1-22-17-27(30-24(3)34-35-28-14-8-5-9-15-28)18-23(2)29(22)26-13-10-16-31(19-26)21-33-32-20-25-11-6-4-7-12-25/h4-9,11-12,14-15,17-19H,10,13,16,20-21H2,1-3H3. The van der Waals surface area contributed by atoms with Crippen LogP contribution in [-0.2, 0) is 21.3 Å². The second kappa shape index (κ2) is 12.2. The maximum Gasteiger partial charge on any atom is 0.243 e. The predicted molar refractivity (Wildman–Crippen MR) is 138 cm³/mol. The SMILES string of the molecule is CC(=Nc1cc(C)c(C2=CN(COOCc3ccccc3)CCC2)c(C)c1)OOc1ccccc1. The monoisotopic (exact) mass is 472 g/mol. The molecular weight excluding hydrogens is 440 g/mol. The molecule has 0 unspecified atom stereocenters. The van der Waals surface area contributed by atoms with Gasteiger partial charge < -0.3 is 4.90 Å². The van der Waals surface area contributed by atoms with Gasteiger partial charge in [-0.15, -0.1) is 0 Å². The summed E-state index contributed by atoms with van der Waals surface area (Å²) in [5.41, 5.74) is 6.84. The summed E-state index contributed by atoms with van der Waals surface area (Å²) >= 11 is 0. The van der Waals surface area contributed by atoms with Gasteiger partial charge in [0.05, 0.1) is 5.69 Å². The summed E-state index contributed by atoms with van der Waals surface area (Å²) < 4.78 is 0. The van der Waals surface area contributed by atoms with Crippen molar-refractivity contribution in [3.63, 3.8) is 0 Å². The van der Waals surface area contributed by atoms with E-state index in [9.17, 15) is 0 Å². The van der Waals surface area contributed by atoms with E-state index in [1.165, 1.54) is 22.3 Å². The molecule has 0 aromatic heterocycles. The Labute approximate surface area is 207 Å². The van der Waals surface area contributed by atoms with E-state index in [1.54, 1.807) is 6.92 Å². The molecule has 0 bridgehead atoms. The van der Waals surface area contributed by atoms with E-state index < -0.39 is 0 Å². The van der Waals surface area contributed by atoms with Crippen LogP contribution in [0, 0.1) is 13.8 Å². The molecule has 1 aliphatic heterocycles. The Kier molecular flexibility index (Phi) is 8.54. The van der Waals surface area contributed by atoms with Gasteiger partial charge >= 0.3 is 0 Å². The van der Waals surface area contributed by atoms with Crippen molar-refractivity contribution >= 4 is 17.2 Å². The minimum atomic E-state index is 0.398. The molecule has 0 N–H and O–H groups in total. The number of rotatable bonds is 9. The molecule has 0 amide bonds. The third-order valence-electron chi connectivity index (χ3n) is 5.73. The van der Waals surface area contributed by atoms with Crippen LogP contribution >= 0.6 is 0 Å². The van der Waals surface area contributed by atoms with Gasteiger partial charge in [0.25, 0.3) is 0 Å². The normalized spacial score (nSPS) is 14.0. The van der Waals surface area contributed by atoms with Crippen molar-refractivity contribution in [3.05, 3.63) is 101 Å². The third-order valence-corrected chi connectivity index (χ3v) is 5.73. The number of aryl methyl sites for hydroxylation is 2. The molecule has 0 atom stereocenters. The zero-order valence-corrected chi connectivity index (χ0v) is 20.6. The van der Waals surface area contributed by atoms with Gasteiger partial charge in [0.1, 0.15) is 6.61 Å². The molecule has 6 heteroatoms. The fraction of sp³-hybridized carbons (Fsp3) is 0.276. The van der Waals surface area contributed by atoms with Gasteiger partial charge in [0.2, 0.25) is 5.90 Å². The topological polar surface area (TPSA) is 52.5 Å². The number of para-hydroxylation sites is 1. The number of benzene rings is 3. The fourth-order valence-electron chi connectivity index (χ4n) is 4.20. The number of hydrogen-bond acceptors (Lipinski definition) is 6. The van der Waals surface area contributed by atoms with Gasteiger partial charge in [-0.2, -0.15) is 0 Å². The smallest absolute Gasteiger partial charge is 0.243 e. The average molecular weight is 473 g/mol. The molecular formula is C29H32N2O4. The van der Waals surface area contributed by atoms with E-state index in [2.05, 4.69) is 42.1 Å². The molecule has 182 valence electrons. The van der Waals surface area contributed by atoms with Crippen LogP contribution in [0.3, 0.4) is 0 Å². The Balaban J connectivity index is 1.37. The van der Waals surface area contributed by atoms with Gasteiger partial charge in [-0.05, 0) is 78.8 Å². The Hall–Kier alpha value is -3.61. The number of nitrogens with zero attached hydrogens (tertiary/aromatic N) is 2. The molecule has 4 rings (SSSR count). The zero-order chi connectivity index (χ0) is 24.5. The first kappa shape index (κ1) is 24.5. The summed E-state index contributed by atoms with van der Waals surface area (Å²) in [4.78, 5) is 28.3. The maximum absolute atomic E-state index is 5.48. The van der Waals surface area contributed by atoms with Crippen molar-refractivity contribution in [2.75, 3.05) is 13.3 Å². The third kappa shape index (κ3) is 7.18. The fourth-order valence-corrected chi connectivity index (χ4v) is 4.20. The molecule has 0 spiro atoms. The molecule has 0 saturated heterocycles. The molecule has 1 heterocycles. The van der Waals surface area contributed by atoms with Crippen LogP contribution in [0.5, 0.6) is 5.75 Å². The van der Waals surface area contributed by atoms with Crippen LogP contribution in [0.25, 0.3) is 5.57 Å². The van der Waals surface area contributed by atoms with E-state index >= 15 is 0 Å². The highest BCUT2D eigenvalue weighted by Crippen LogP contribution is 2.33. The zero-order valence-electron chi connectivity index (χ0n) is 20.6.